The lowest BCUT2D eigenvalue weighted by Gasteiger charge is -2.20. The second-order valence-electron chi connectivity index (χ2n) is 5.22. The highest BCUT2D eigenvalue weighted by Gasteiger charge is 2.25. The molecule has 0 aliphatic carbocycles. The average molecular weight is 203 g/mol. The number of fused-ring (bicyclic) bond motifs is 1. The second kappa shape index (κ2) is 3.09. The molecule has 0 aromatic heterocycles. The van der Waals surface area contributed by atoms with Gasteiger partial charge in [-0.3, -0.25) is 4.79 Å². The summed E-state index contributed by atoms with van der Waals surface area (Å²) in [6.45, 7) is 6.57. The first-order valence-corrected chi connectivity index (χ1v) is 5.29. The van der Waals surface area contributed by atoms with E-state index in [1.807, 2.05) is 7.05 Å². The maximum atomic E-state index is 11.5. The van der Waals surface area contributed by atoms with Gasteiger partial charge < -0.3 is 4.90 Å². The number of likely N-dealkylation sites (N-methyl/N-ethyl adjacent to an activating group) is 1. The van der Waals surface area contributed by atoms with Crippen molar-refractivity contribution in [2.24, 2.45) is 0 Å². The first-order chi connectivity index (χ1) is 6.89. The second-order valence-corrected chi connectivity index (χ2v) is 5.22. The van der Waals surface area contributed by atoms with Gasteiger partial charge in [-0.05, 0) is 22.6 Å². The van der Waals surface area contributed by atoms with Gasteiger partial charge in [0, 0.05) is 12.7 Å². The van der Waals surface area contributed by atoms with Crippen molar-refractivity contribution >= 4 is 11.6 Å². The number of anilines is 1. The van der Waals surface area contributed by atoms with E-state index in [-0.39, 0.29) is 11.3 Å². The Hall–Kier alpha value is -1.31. The lowest BCUT2D eigenvalue weighted by Crippen LogP contribution is -2.20. The van der Waals surface area contributed by atoms with Crippen LogP contribution >= 0.6 is 0 Å². The monoisotopic (exact) mass is 203 g/mol. The number of benzene rings is 1. The molecule has 15 heavy (non-hydrogen) atoms. The van der Waals surface area contributed by atoms with E-state index in [1.165, 1.54) is 5.56 Å². The van der Waals surface area contributed by atoms with Gasteiger partial charge in [-0.1, -0.05) is 32.9 Å². The van der Waals surface area contributed by atoms with Crippen molar-refractivity contribution in [2.45, 2.75) is 32.6 Å². The lowest BCUT2D eigenvalue weighted by atomic mass is 9.86. The summed E-state index contributed by atoms with van der Waals surface area (Å²) in [6.07, 6.45) is 0.551. The standard InChI is InChI=1S/C13H17NO/c1-13(2,3)10-5-6-11-9(7-10)8-12(15)14(11)4/h5-7H,8H2,1-4H3. The molecule has 0 bridgehead atoms. The van der Waals surface area contributed by atoms with Gasteiger partial charge >= 0.3 is 0 Å². The Morgan fingerprint density at radius 2 is 1.93 bits per heavy atom. The molecule has 1 aromatic rings. The maximum Gasteiger partial charge on any atom is 0.231 e. The molecule has 0 atom stereocenters. The molecule has 1 aliphatic rings. The van der Waals surface area contributed by atoms with Gasteiger partial charge in [-0.15, -0.1) is 0 Å². The van der Waals surface area contributed by atoms with Gasteiger partial charge in [0.1, 0.15) is 0 Å². The van der Waals surface area contributed by atoms with Crippen LogP contribution < -0.4 is 4.90 Å². The number of nitrogens with zero attached hydrogens (tertiary/aromatic N) is 1. The Labute approximate surface area is 90.9 Å². The zero-order chi connectivity index (χ0) is 11.2. The Morgan fingerprint density at radius 3 is 2.53 bits per heavy atom. The quantitative estimate of drug-likeness (QED) is 0.634. The van der Waals surface area contributed by atoms with Gasteiger partial charge in [0.2, 0.25) is 5.91 Å². The van der Waals surface area contributed by atoms with E-state index < -0.39 is 0 Å². The molecule has 0 spiro atoms. The van der Waals surface area contributed by atoms with Crippen molar-refractivity contribution in [1.82, 2.24) is 0 Å². The Bertz CT molecular complexity index is 415. The van der Waals surface area contributed by atoms with E-state index >= 15 is 0 Å². The third-order valence-electron chi connectivity index (χ3n) is 3.02. The Morgan fingerprint density at radius 1 is 1.27 bits per heavy atom. The topological polar surface area (TPSA) is 20.3 Å². The molecule has 1 heterocycles. The molecule has 0 fully saturated rings. The number of carbonyl (C=O) groups excluding carboxylic acids is 1. The van der Waals surface area contributed by atoms with E-state index in [2.05, 4.69) is 39.0 Å². The average Bonchev–Trinajstić information content (AvgIpc) is 2.41. The molecule has 2 nitrogen and oxygen atoms in total. The summed E-state index contributed by atoms with van der Waals surface area (Å²) >= 11 is 0. The minimum atomic E-state index is 0.152. The number of hydrogen-bond donors (Lipinski definition) is 0. The number of amides is 1. The molecule has 2 rings (SSSR count). The smallest absolute Gasteiger partial charge is 0.231 e. The highest BCUT2D eigenvalue weighted by atomic mass is 16.2. The van der Waals surface area contributed by atoms with E-state index in [9.17, 15) is 4.79 Å². The molecule has 80 valence electrons. The van der Waals surface area contributed by atoms with Gasteiger partial charge in [-0.25, -0.2) is 0 Å². The van der Waals surface area contributed by atoms with Crippen molar-refractivity contribution in [3.05, 3.63) is 29.3 Å². The molecule has 0 unspecified atom stereocenters. The summed E-state index contributed by atoms with van der Waals surface area (Å²) in [5.41, 5.74) is 3.67. The van der Waals surface area contributed by atoms with Crippen LogP contribution in [0.2, 0.25) is 0 Å². The molecule has 1 amide bonds. The fourth-order valence-corrected chi connectivity index (χ4v) is 1.94. The van der Waals surface area contributed by atoms with Gasteiger partial charge in [0.15, 0.2) is 0 Å². The van der Waals surface area contributed by atoms with Crippen LogP contribution in [-0.2, 0) is 16.6 Å². The SMILES string of the molecule is CN1C(=O)Cc2cc(C(C)(C)C)ccc21. The third-order valence-corrected chi connectivity index (χ3v) is 3.02. The predicted molar refractivity (Wildman–Crippen MR) is 62.3 cm³/mol. The van der Waals surface area contributed by atoms with E-state index in [1.54, 1.807) is 4.90 Å². The molecular formula is C13H17NO. The van der Waals surface area contributed by atoms with Crippen molar-refractivity contribution < 1.29 is 4.79 Å². The van der Waals surface area contributed by atoms with Crippen LogP contribution in [-0.4, -0.2) is 13.0 Å². The first kappa shape index (κ1) is 10.2. The summed E-state index contributed by atoms with van der Waals surface area (Å²) in [7, 11) is 1.84. The molecule has 0 radical (unpaired) electrons. The van der Waals surface area contributed by atoms with Crippen molar-refractivity contribution in [3.63, 3.8) is 0 Å². The van der Waals surface area contributed by atoms with Gasteiger partial charge in [0.05, 0.1) is 6.42 Å². The van der Waals surface area contributed by atoms with Crippen molar-refractivity contribution in [1.29, 1.82) is 0 Å². The normalized spacial score (nSPS) is 15.7. The summed E-state index contributed by atoms with van der Waals surface area (Å²) in [6, 6.07) is 6.34. The van der Waals surface area contributed by atoms with Crippen LogP contribution in [0.3, 0.4) is 0 Å². The Kier molecular flexibility index (Phi) is 2.10. The number of hydrogen-bond acceptors (Lipinski definition) is 1. The van der Waals surface area contributed by atoms with Crippen LogP contribution in [0.4, 0.5) is 5.69 Å². The molecule has 1 aliphatic heterocycles. The maximum absolute atomic E-state index is 11.5. The Balaban J connectivity index is 2.47. The predicted octanol–water partition coefficient (Wildman–Crippen LogP) is 2.50. The highest BCUT2D eigenvalue weighted by molar-refractivity contribution is 6.00. The van der Waals surface area contributed by atoms with Crippen LogP contribution in [0, 0.1) is 0 Å². The minimum absolute atomic E-state index is 0.152. The zero-order valence-electron chi connectivity index (χ0n) is 9.79. The molecule has 0 saturated heterocycles. The van der Waals surface area contributed by atoms with Crippen molar-refractivity contribution in [3.8, 4) is 0 Å². The number of rotatable bonds is 0. The van der Waals surface area contributed by atoms with Crippen LogP contribution in [0.1, 0.15) is 31.9 Å². The van der Waals surface area contributed by atoms with Crippen LogP contribution in [0.15, 0.2) is 18.2 Å². The van der Waals surface area contributed by atoms with Crippen LogP contribution in [0.5, 0.6) is 0 Å². The summed E-state index contributed by atoms with van der Waals surface area (Å²) in [5, 5.41) is 0. The molecule has 2 heteroatoms. The molecule has 0 N–H and O–H groups in total. The number of carbonyl (C=O) groups is 1. The van der Waals surface area contributed by atoms with E-state index in [4.69, 9.17) is 0 Å². The summed E-state index contributed by atoms with van der Waals surface area (Å²) in [5.74, 6) is 0.191. The van der Waals surface area contributed by atoms with Gasteiger partial charge in [-0.2, -0.15) is 0 Å². The largest absolute Gasteiger partial charge is 0.315 e. The molecule has 1 aromatic carbocycles. The zero-order valence-corrected chi connectivity index (χ0v) is 9.79. The fourth-order valence-electron chi connectivity index (χ4n) is 1.94. The van der Waals surface area contributed by atoms with E-state index in [0.29, 0.717) is 6.42 Å². The van der Waals surface area contributed by atoms with Crippen LogP contribution in [0.25, 0.3) is 0 Å². The lowest BCUT2D eigenvalue weighted by molar-refractivity contribution is -0.117. The molecule has 0 saturated carbocycles. The third kappa shape index (κ3) is 1.65. The minimum Gasteiger partial charge on any atom is -0.315 e. The molecular weight excluding hydrogens is 186 g/mol. The highest BCUT2D eigenvalue weighted by Crippen LogP contribution is 2.32. The van der Waals surface area contributed by atoms with Gasteiger partial charge in [0.25, 0.3) is 0 Å². The summed E-state index contributed by atoms with van der Waals surface area (Å²) < 4.78 is 0. The summed E-state index contributed by atoms with van der Waals surface area (Å²) in [4.78, 5) is 13.3. The van der Waals surface area contributed by atoms with E-state index in [0.717, 1.165) is 11.3 Å². The van der Waals surface area contributed by atoms with Crippen molar-refractivity contribution in [2.75, 3.05) is 11.9 Å². The fraction of sp³-hybridized carbons (Fsp3) is 0.462. The first-order valence-electron chi connectivity index (χ1n) is 5.29.